The first-order chi connectivity index (χ1) is 6.54. The van der Waals surface area contributed by atoms with Gasteiger partial charge in [-0.3, -0.25) is 0 Å². The summed E-state index contributed by atoms with van der Waals surface area (Å²) < 4.78 is 5.26. The number of rotatable bonds is 4. The van der Waals surface area contributed by atoms with Crippen molar-refractivity contribution in [3.05, 3.63) is 35.4 Å². The molecule has 0 bridgehead atoms. The molecule has 0 atom stereocenters. The van der Waals surface area contributed by atoms with E-state index in [1.807, 2.05) is 6.92 Å². The van der Waals surface area contributed by atoms with Crippen LogP contribution in [0.15, 0.2) is 24.3 Å². The molecule has 0 N–H and O–H groups in total. The molecule has 0 saturated heterocycles. The van der Waals surface area contributed by atoms with Crippen molar-refractivity contribution in [2.24, 2.45) is 0 Å². The van der Waals surface area contributed by atoms with Crippen molar-refractivity contribution in [3.63, 3.8) is 0 Å². The van der Waals surface area contributed by atoms with E-state index < -0.39 is 0 Å². The Labute approximate surface area is 91.9 Å². The summed E-state index contributed by atoms with van der Waals surface area (Å²) in [6.45, 7) is 7.65. The first-order valence-electron chi connectivity index (χ1n) is 4.93. The summed E-state index contributed by atoms with van der Waals surface area (Å²) in [5.74, 6) is 0. The topological polar surface area (TPSA) is 9.23 Å². The fraction of sp³-hybridized carbons (Fsp3) is 0.500. The summed E-state index contributed by atoms with van der Waals surface area (Å²) in [4.78, 5) is 0. The van der Waals surface area contributed by atoms with Gasteiger partial charge in [-0.1, -0.05) is 24.3 Å². The van der Waals surface area contributed by atoms with E-state index in [0.29, 0.717) is 6.61 Å². The van der Waals surface area contributed by atoms with Gasteiger partial charge in [0.1, 0.15) is 0 Å². The highest BCUT2D eigenvalue weighted by molar-refractivity contribution is 7.81. The van der Waals surface area contributed by atoms with Gasteiger partial charge in [-0.25, -0.2) is 0 Å². The SMILES string of the molecule is CCOCc1ccc(C(C)(C)S)cc1. The maximum Gasteiger partial charge on any atom is 0.0716 e. The average Bonchev–Trinajstić information content (AvgIpc) is 2.14. The molecule has 0 aromatic heterocycles. The van der Waals surface area contributed by atoms with Gasteiger partial charge in [0.05, 0.1) is 6.61 Å². The maximum absolute atomic E-state index is 5.33. The van der Waals surface area contributed by atoms with Crippen molar-refractivity contribution in [2.45, 2.75) is 32.1 Å². The van der Waals surface area contributed by atoms with Gasteiger partial charge in [0.15, 0.2) is 0 Å². The molecule has 2 heteroatoms. The van der Waals surface area contributed by atoms with Gasteiger partial charge >= 0.3 is 0 Å². The van der Waals surface area contributed by atoms with Crippen LogP contribution in [0.3, 0.4) is 0 Å². The van der Waals surface area contributed by atoms with Gasteiger partial charge in [0.2, 0.25) is 0 Å². The third kappa shape index (κ3) is 3.35. The van der Waals surface area contributed by atoms with Crippen molar-refractivity contribution >= 4 is 12.6 Å². The molecule has 0 aliphatic rings. The van der Waals surface area contributed by atoms with E-state index >= 15 is 0 Å². The summed E-state index contributed by atoms with van der Waals surface area (Å²) in [5, 5.41) is 0. The Morgan fingerprint density at radius 1 is 1.21 bits per heavy atom. The van der Waals surface area contributed by atoms with E-state index in [1.54, 1.807) is 0 Å². The van der Waals surface area contributed by atoms with Crippen molar-refractivity contribution in [2.75, 3.05) is 6.61 Å². The Kier molecular flexibility index (Phi) is 4.02. The predicted octanol–water partition coefficient (Wildman–Crippen LogP) is 3.39. The molecule has 0 unspecified atom stereocenters. The van der Waals surface area contributed by atoms with Crippen LogP contribution in [-0.4, -0.2) is 6.61 Å². The summed E-state index contributed by atoms with van der Waals surface area (Å²) in [7, 11) is 0. The van der Waals surface area contributed by atoms with Crippen LogP contribution in [0, 0.1) is 0 Å². The Morgan fingerprint density at radius 2 is 1.79 bits per heavy atom. The molecular weight excluding hydrogens is 192 g/mol. The largest absolute Gasteiger partial charge is 0.377 e. The van der Waals surface area contributed by atoms with Crippen molar-refractivity contribution < 1.29 is 4.74 Å². The molecule has 0 fully saturated rings. The summed E-state index contributed by atoms with van der Waals surface area (Å²) in [5.41, 5.74) is 2.45. The lowest BCUT2D eigenvalue weighted by molar-refractivity contribution is 0.134. The van der Waals surface area contributed by atoms with E-state index in [1.165, 1.54) is 11.1 Å². The molecule has 1 rings (SSSR count). The molecule has 1 aromatic carbocycles. The van der Waals surface area contributed by atoms with Gasteiger partial charge in [-0.05, 0) is 31.9 Å². The third-order valence-corrected chi connectivity index (χ3v) is 2.39. The fourth-order valence-electron chi connectivity index (χ4n) is 1.23. The van der Waals surface area contributed by atoms with Gasteiger partial charge in [-0.2, -0.15) is 12.6 Å². The van der Waals surface area contributed by atoms with E-state index in [9.17, 15) is 0 Å². The second kappa shape index (κ2) is 4.85. The Morgan fingerprint density at radius 3 is 2.21 bits per heavy atom. The molecule has 1 aromatic rings. The van der Waals surface area contributed by atoms with Crippen molar-refractivity contribution in [3.8, 4) is 0 Å². The highest BCUT2D eigenvalue weighted by atomic mass is 32.1. The second-order valence-corrected chi connectivity index (χ2v) is 5.01. The van der Waals surface area contributed by atoms with Crippen LogP contribution in [0.2, 0.25) is 0 Å². The highest BCUT2D eigenvalue weighted by Gasteiger charge is 2.13. The molecule has 0 heterocycles. The molecule has 14 heavy (non-hydrogen) atoms. The van der Waals surface area contributed by atoms with Crippen molar-refractivity contribution in [1.82, 2.24) is 0 Å². The van der Waals surface area contributed by atoms with E-state index in [4.69, 9.17) is 4.74 Å². The lowest BCUT2D eigenvalue weighted by Gasteiger charge is -2.18. The van der Waals surface area contributed by atoms with Gasteiger partial charge in [-0.15, -0.1) is 0 Å². The molecular formula is C12H18OS. The Balaban J connectivity index is 2.69. The van der Waals surface area contributed by atoms with Crippen LogP contribution < -0.4 is 0 Å². The fourth-order valence-corrected chi connectivity index (χ4v) is 1.38. The van der Waals surface area contributed by atoms with Gasteiger partial charge in [0.25, 0.3) is 0 Å². The minimum absolute atomic E-state index is 0.0653. The quantitative estimate of drug-likeness (QED) is 0.749. The monoisotopic (exact) mass is 210 g/mol. The van der Waals surface area contributed by atoms with Crippen LogP contribution in [0.4, 0.5) is 0 Å². The third-order valence-electron chi connectivity index (χ3n) is 2.13. The lowest BCUT2D eigenvalue weighted by atomic mass is 10.0. The second-order valence-electron chi connectivity index (χ2n) is 3.89. The van der Waals surface area contributed by atoms with Crippen LogP contribution >= 0.6 is 12.6 Å². The number of benzene rings is 1. The number of thiol groups is 1. The first-order valence-corrected chi connectivity index (χ1v) is 5.38. The normalized spacial score (nSPS) is 11.7. The van der Waals surface area contributed by atoms with Gasteiger partial charge < -0.3 is 4.74 Å². The molecule has 0 aliphatic heterocycles. The van der Waals surface area contributed by atoms with Gasteiger partial charge in [0, 0.05) is 11.4 Å². The van der Waals surface area contributed by atoms with Crippen LogP contribution in [0.25, 0.3) is 0 Å². The predicted molar refractivity (Wildman–Crippen MR) is 63.8 cm³/mol. The minimum atomic E-state index is -0.0653. The Bertz CT molecular complexity index is 271. The summed E-state index contributed by atoms with van der Waals surface area (Å²) in [6, 6.07) is 8.43. The summed E-state index contributed by atoms with van der Waals surface area (Å²) in [6.07, 6.45) is 0. The minimum Gasteiger partial charge on any atom is -0.377 e. The zero-order valence-corrected chi connectivity index (χ0v) is 9.97. The number of hydrogen-bond donors (Lipinski definition) is 1. The lowest BCUT2D eigenvalue weighted by Crippen LogP contribution is -2.07. The summed E-state index contributed by atoms with van der Waals surface area (Å²) >= 11 is 4.52. The zero-order valence-electron chi connectivity index (χ0n) is 9.08. The van der Waals surface area contributed by atoms with E-state index in [-0.39, 0.29) is 4.75 Å². The molecule has 78 valence electrons. The maximum atomic E-state index is 5.33. The van der Waals surface area contributed by atoms with E-state index in [2.05, 4.69) is 50.7 Å². The van der Waals surface area contributed by atoms with E-state index in [0.717, 1.165) is 6.61 Å². The van der Waals surface area contributed by atoms with Crippen LogP contribution in [0.5, 0.6) is 0 Å². The highest BCUT2D eigenvalue weighted by Crippen LogP contribution is 2.26. The average molecular weight is 210 g/mol. The van der Waals surface area contributed by atoms with Crippen molar-refractivity contribution in [1.29, 1.82) is 0 Å². The number of hydrogen-bond acceptors (Lipinski definition) is 2. The molecule has 0 amide bonds. The number of ether oxygens (including phenoxy) is 1. The van der Waals surface area contributed by atoms with Crippen LogP contribution in [0.1, 0.15) is 31.9 Å². The molecule has 1 nitrogen and oxygen atoms in total. The molecule has 0 aliphatic carbocycles. The van der Waals surface area contributed by atoms with Crippen LogP contribution in [-0.2, 0) is 16.1 Å². The smallest absolute Gasteiger partial charge is 0.0716 e. The molecule has 0 spiro atoms. The first kappa shape index (κ1) is 11.6. The zero-order chi connectivity index (χ0) is 10.6. The molecule has 0 radical (unpaired) electrons. The standard InChI is InChI=1S/C12H18OS/c1-4-13-9-10-5-7-11(8-6-10)12(2,3)14/h5-8,14H,4,9H2,1-3H3. The Hall–Kier alpha value is -0.470. The molecule has 0 saturated carbocycles.